The highest BCUT2D eigenvalue weighted by atomic mass is 19.1. The van der Waals surface area contributed by atoms with E-state index in [-0.39, 0.29) is 17.6 Å². The molecule has 0 bridgehead atoms. The second-order valence-electron chi connectivity index (χ2n) is 10.1. The zero-order chi connectivity index (χ0) is 25.9. The van der Waals surface area contributed by atoms with Gasteiger partial charge in [-0.15, -0.1) is 0 Å². The van der Waals surface area contributed by atoms with Gasteiger partial charge < -0.3 is 15.2 Å². The van der Waals surface area contributed by atoms with Gasteiger partial charge in [-0.3, -0.25) is 9.78 Å². The van der Waals surface area contributed by atoms with Crippen molar-refractivity contribution in [2.75, 3.05) is 19.6 Å². The van der Waals surface area contributed by atoms with Gasteiger partial charge in [0.15, 0.2) is 0 Å². The molecule has 3 aromatic carbocycles. The zero-order valence-electron chi connectivity index (χ0n) is 21.2. The maximum Gasteiger partial charge on any atom is 0.224 e. The second kappa shape index (κ2) is 10.8. The number of halogens is 1. The molecule has 5 aromatic rings. The first-order valence-electron chi connectivity index (χ1n) is 13.3. The number of likely N-dealkylation sites (tertiary alicyclic amines) is 1. The molecule has 0 saturated carbocycles. The van der Waals surface area contributed by atoms with Crippen molar-refractivity contribution in [3.05, 3.63) is 114 Å². The zero-order valence-corrected chi connectivity index (χ0v) is 21.2. The Kier molecular flexibility index (Phi) is 6.88. The predicted octanol–water partition coefficient (Wildman–Crippen LogP) is 6.02. The molecule has 1 unspecified atom stereocenters. The van der Waals surface area contributed by atoms with Crippen LogP contribution in [0.5, 0.6) is 0 Å². The van der Waals surface area contributed by atoms with E-state index in [1.807, 2.05) is 36.4 Å². The molecule has 0 aliphatic carbocycles. The smallest absolute Gasteiger partial charge is 0.224 e. The summed E-state index contributed by atoms with van der Waals surface area (Å²) in [6.45, 7) is 2.78. The molecular weight excluding hydrogens is 475 g/mol. The number of hydrogen-bond acceptors (Lipinski definition) is 3. The molecule has 5 nitrogen and oxygen atoms in total. The predicted molar refractivity (Wildman–Crippen MR) is 149 cm³/mol. The van der Waals surface area contributed by atoms with E-state index < -0.39 is 6.04 Å². The molecule has 3 heterocycles. The van der Waals surface area contributed by atoms with Crippen molar-refractivity contribution >= 4 is 27.7 Å². The number of para-hydroxylation sites is 2. The summed E-state index contributed by atoms with van der Waals surface area (Å²) in [7, 11) is 0. The van der Waals surface area contributed by atoms with Crippen LogP contribution in [0, 0.1) is 11.7 Å². The Morgan fingerprint density at radius 2 is 1.74 bits per heavy atom. The number of nitrogens with one attached hydrogen (secondary N) is 2. The quantitative estimate of drug-likeness (QED) is 0.284. The van der Waals surface area contributed by atoms with E-state index in [0.717, 1.165) is 61.1 Å². The summed E-state index contributed by atoms with van der Waals surface area (Å²) in [5.41, 5.74) is 4.95. The number of carbonyl (C=O) groups is 1. The number of pyridine rings is 1. The van der Waals surface area contributed by atoms with Crippen LogP contribution in [0.2, 0.25) is 0 Å². The van der Waals surface area contributed by atoms with Crippen molar-refractivity contribution in [2.45, 2.75) is 25.3 Å². The Bertz CT molecular complexity index is 1550. The first-order chi connectivity index (χ1) is 18.6. The van der Waals surface area contributed by atoms with E-state index in [4.69, 9.17) is 4.98 Å². The average Bonchev–Trinajstić information content (AvgIpc) is 3.38. The maximum atomic E-state index is 13.7. The molecule has 1 amide bonds. The van der Waals surface area contributed by atoms with Crippen molar-refractivity contribution in [2.24, 2.45) is 5.92 Å². The third-order valence-corrected chi connectivity index (χ3v) is 7.74. The number of carbonyl (C=O) groups excluding carboxylic acids is 1. The average molecular weight is 507 g/mol. The fourth-order valence-corrected chi connectivity index (χ4v) is 5.52. The van der Waals surface area contributed by atoms with Crippen LogP contribution in [0.15, 0.2) is 91.1 Å². The van der Waals surface area contributed by atoms with Crippen LogP contribution in [-0.4, -0.2) is 40.4 Å². The Balaban J connectivity index is 1.12. The lowest BCUT2D eigenvalue weighted by Crippen LogP contribution is -2.42. The molecule has 6 rings (SSSR count). The Morgan fingerprint density at radius 3 is 2.58 bits per heavy atom. The first kappa shape index (κ1) is 24.3. The van der Waals surface area contributed by atoms with Gasteiger partial charge in [-0.05, 0) is 73.8 Å². The van der Waals surface area contributed by atoms with Crippen molar-refractivity contribution in [1.82, 2.24) is 20.2 Å². The van der Waals surface area contributed by atoms with Gasteiger partial charge in [0.25, 0.3) is 0 Å². The molecule has 1 saturated heterocycles. The molecular formula is C32H31FN4O. The highest BCUT2D eigenvalue weighted by Crippen LogP contribution is 2.26. The summed E-state index contributed by atoms with van der Waals surface area (Å²) in [5.74, 6) is -0.321. The molecule has 1 fully saturated rings. The van der Waals surface area contributed by atoms with Crippen LogP contribution in [0.1, 0.15) is 35.7 Å². The number of benzene rings is 3. The van der Waals surface area contributed by atoms with E-state index in [0.29, 0.717) is 0 Å². The molecule has 2 N–H and O–H groups in total. The Labute approximate surface area is 221 Å². The molecule has 1 aliphatic rings. The number of rotatable bonds is 7. The van der Waals surface area contributed by atoms with E-state index in [1.54, 1.807) is 12.1 Å². The summed E-state index contributed by atoms with van der Waals surface area (Å²) in [4.78, 5) is 24.1. The number of fused-ring (bicyclic) bond motifs is 2. The van der Waals surface area contributed by atoms with Gasteiger partial charge >= 0.3 is 0 Å². The van der Waals surface area contributed by atoms with E-state index in [9.17, 15) is 9.18 Å². The van der Waals surface area contributed by atoms with Crippen LogP contribution in [-0.2, 0) is 11.2 Å². The molecule has 1 atom stereocenters. The third-order valence-electron chi connectivity index (χ3n) is 7.74. The number of piperidine rings is 1. The minimum Gasteiger partial charge on any atom is -0.361 e. The fraction of sp³-hybridized carbons (Fsp3) is 0.250. The van der Waals surface area contributed by atoms with E-state index >= 15 is 0 Å². The first-order valence-corrected chi connectivity index (χ1v) is 13.3. The SMILES string of the molecule is O=C(NC(c1ccc(F)cc1)c1ccc2ccccc2n1)C1CCN(CCc2c[nH]c3ccccc23)CC1. The second-order valence-corrected chi connectivity index (χ2v) is 10.1. The number of hydrogen-bond donors (Lipinski definition) is 2. The summed E-state index contributed by atoms with van der Waals surface area (Å²) >= 11 is 0. The van der Waals surface area contributed by atoms with Gasteiger partial charge in [0.05, 0.1) is 17.3 Å². The van der Waals surface area contributed by atoms with Crippen molar-refractivity contribution in [3.63, 3.8) is 0 Å². The molecule has 0 radical (unpaired) electrons. The Morgan fingerprint density at radius 1 is 0.974 bits per heavy atom. The van der Waals surface area contributed by atoms with Gasteiger partial charge in [0.2, 0.25) is 5.91 Å². The van der Waals surface area contributed by atoms with Gasteiger partial charge in [0, 0.05) is 34.9 Å². The van der Waals surface area contributed by atoms with Crippen LogP contribution >= 0.6 is 0 Å². The molecule has 1 aliphatic heterocycles. The largest absolute Gasteiger partial charge is 0.361 e. The van der Waals surface area contributed by atoms with E-state index in [1.165, 1.54) is 28.6 Å². The Hall–Kier alpha value is -4.03. The summed E-state index contributed by atoms with van der Waals surface area (Å²) in [6, 6.07) is 26.2. The molecule has 38 heavy (non-hydrogen) atoms. The number of aromatic amines is 1. The lowest BCUT2D eigenvalue weighted by atomic mass is 9.94. The van der Waals surface area contributed by atoms with Crippen LogP contribution in [0.4, 0.5) is 4.39 Å². The van der Waals surface area contributed by atoms with Crippen molar-refractivity contribution in [3.8, 4) is 0 Å². The lowest BCUT2D eigenvalue weighted by molar-refractivity contribution is -0.127. The standard InChI is InChI=1S/C32H31FN4O/c33-26-12-9-23(10-13-26)31(30-14-11-22-5-1-3-7-28(22)35-30)36-32(38)24-15-18-37(19-16-24)20-17-25-21-34-29-8-4-2-6-27(25)29/h1-14,21,24,31,34H,15-20H2,(H,36,38). The molecule has 192 valence electrons. The number of aromatic nitrogens is 2. The topological polar surface area (TPSA) is 61.0 Å². The summed E-state index contributed by atoms with van der Waals surface area (Å²) in [5, 5.41) is 5.58. The molecule has 0 spiro atoms. The van der Waals surface area contributed by atoms with Gasteiger partial charge in [-0.2, -0.15) is 0 Å². The van der Waals surface area contributed by atoms with Crippen molar-refractivity contribution < 1.29 is 9.18 Å². The highest BCUT2D eigenvalue weighted by Gasteiger charge is 2.28. The maximum absolute atomic E-state index is 13.7. The van der Waals surface area contributed by atoms with Gasteiger partial charge in [-0.1, -0.05) is 54.6 Å². The van der Waals surface area contributed by atoms with E-state index in [2.05, 4.69) is 45.7 Å². The van der Waals surface area contributed by atoms with Crippen molar-refractivity contribution in [1.29, 1.82) is 0 Å². The molecule has 2 aromatic heterocycles. The van der Waals surface area contributed by atoms with Gasteiger partial charge in [0.1, 0.15) is 5.82 Å². The minimum atomic E-state index is -0.437. The lowest BCUT2D eigenvalue weighted by Gasteiger charge is -2.32. The molecule has 6 heteroatoms. The monoisotopic (exact) mass is 506 g/mol. The summed E-state index contributed by atoms with van der Waals surface area (Å²) in [6.07, 6.45) is 4.74. The summed E-state index contributed by atoms with van der Waals surface area (Å²) < 4.78 is 13.7. The van der Waals surface area contributed by atoms with Crippen LogP contribution in [0.25, 0.3) is 21.8 Å². The van der Waals surface area contributed by atoms with Crippen LogP contribution in [0.3, 0.4) is 0 Å². The number of nitrogens with zero attached hydrogens (tertiary/aromatic N) is 2. The number of amides is 1. The minimum absolute atomic E-state index is 0.0329. The van der Waals surface area contributed by atoms with Crippen LogP contribution < -0.4 is 5.32 Å². The highest BCUT2D eigenvalue weighted by molar-refractivity contribution is 5.83. The van der Waals surface area contributed by atoms with Gasteiger partial charge in [-0.25, -0.2) is 4.39 Å². The number of H-pyrrole nitrogens is 1. The fourth-order valence-electron chi connectivity index (χ4n) is 5.52. The third kappa shape index (κ3) is 5.18. The normalized spacial score (nSPS) is 15.6.